The highest BCUT2D eigenvalue weighted by atomic mass is 19.4. The molecular weight excluding hydrogens is 385 g/mol. The summed E-state index contributed by atoms with van der Waals surface area (Å²) in [7, 11) is 0. The van der Waals surface area contributed by atoms with Crippen molar-refractivity contribution in [3.63, 3.8) is 0 Å². The van der Waals surface area contributed by atoms with Crippen LogP contribution in [0.25, 0.3) is 11.4 Å². The normalized spacial score (nSPS) is 11.4. The fourth-order valence-electron chi connectivity index (χ4n) is 2.27. The van der Waals surface area contributed by atoms with Crippen LogP contribution in [0, 0.1) is 5.92 Å². The largest absolute Gasteiger partial charge is 0.439 e. The summed E-state index contributed by atoms with van der Waals surface area (Å²) in [5, 5.41) is 2.72. The third-order valence-corrected chi connectivity index (χ3v) is 3.80. The van der Waals surface area contributed by atoms with Gasteiger partial charge in [-0.1, -0.05) is 13.8 Å². The number of nitrogens with zero attached hydrogens (tertiary/aromatic N) is 3. The van der Waals surface area contributed by atoms with E-state index < -0.39 is 11.9 Å². The smallest absolute Gasteiger partial charge is 0.433 e. The molecule has 0 saturated heterocycles. The summed E-state index contributed by atoms with van der Waals surface area (Å²) in [5.41, 5.74) is -0.190. The predicted octanol–water partition coefficient (Wildman–Crippen LogP) is 4.94. The Hall–Kier alpha value is -3.49. The Balaban J connectivity index is 1.87. The number of carbonyl (C=O) groups excluding carboxylic acids is 1. The van der Waals surface area contributed by atoms with Crippen molar-refractivity contribution in [2.75, 3.05) is 5.32 Å². The minimum atomic E-state index is -4.66. The molecule has 1 aromatic carbocycles. The first-order valence-corrected chi connectivity index (χ1v) is 8.68. The van der Waals surface area contributed by atoms with Crippen molar-refractivity contribution >= 4 is 11.6 Å². The van der Waals surface area contributed by atoms with Gasteiger partial charge in [0.15, 0.2) is 11.5 Å². The standard InChI is InChI=1S/C20H17F3N4O2/c1-12(2)19(28)25-14-3-5-15(6-4-14)29-17-11-16(20(21,22)23)26-18(27-17)13-7-9-24-10-8-13/h3-12H,1-2H3,(H,25,28). The number of halogens is 3. The Kier molecular flexibility index (Phi) is 5.76. The van der Waals surface area contributed by atoms with Crippen LogP contribution in [0.15, 0.2) is 54.9 Å². The summed E-state index contributed by atoms with van der Waals surface area (Å²) in [5.74, 6) is -0.443. The minimum Gasteiger partial charge on any atom is -0.439 e. The Morgan fingerprint density at radius 3 is 2.28 bits per heavy atom. The van der Waals surface area contributed by atoms with Crippen LogP contribution in [0.4, 0.5) is 18.9 Å². The topological polar surface area (TPSA) is 77.0 Å². The third-order valence-electron chi connectivity index (χ3n) is 3.80. The number of ether oxygens (including phenoxy) is 1. The summed E-state index contributed by atoms with van der Waals surface area (Å²) in [6.45, 7) is 3.53. The maximum atomic E-state index is 13.2. The molecule has 1 N–H and O–H groups in total. The number of amides is 1. The van der Waals surface area contributed by atoms with Crippen molar-refractivity contribution < 1.29 is 22.7 Å². The van der Waals surface area contributed by atoms with E-state index in [2.05, 4.69) is 20.3 Å². The average molecular weight is 402 g/mol. The van der Waals surface area contributed by atoms with Crippen LogP contribution in [0.2, 0.25) is 0 Å². The van der Waals surface area contributed by atoms with E-state index in [0.29, 0.717) is 11.3 Å². The number of nitrogens with one attached hydrogen (secondary N) is 1. The number of carbonyl (C=O) groups is 1. The van der Waals surface area contributed by atoms with Crippen molar-refractivity contribution in [1.82, 2.24) is 15.0 Å². The molecular formula is C20H17F3N4O2. The van der Waals surface area contributed by atoms with E-state index in [1.54, 1.807) is 26.0 Å². The number of rotatable bonds is 5. The first kappa shape index (κ1) is 20.2. The van der Waals surface area contributed by atoms with Crippen LogP contribution in [-0.2, 0) is 11.0 Å². The monoisotopic (exact) mass is 402 g/mol. The lowest BCUT2D eigenvalue weighted by molar-refractivity contribution is -0.141. The number of aromatic nitrogens is 3. The molecule has 0 unspecified atom stereocenters. The van der Waals surface area contributed by atoms with Crippen LogP contribution in [0.3, 0.4) is 0 Å². The van der Waals surface area contributed by atoms with Crippen LogP contribution >= 0.6 is 0 Å². The van der Waals surface area contributed by atoms with Crippen molar-refractivity contribution in [1.29, 1.82) is 0 Å². The Morgan fingerprint density at radius 2 is 1.69 bits per heavy atom. The Morgan fingerprint density at radius 1 is 1.03 bits per heavy atom. The van der Waals surface area contributed by atoms with Crippen LogP contribution in [0.1, 0.15) is 19.5 Å². The van der Waals surface area contributed by atoms with Crippen molar-refractivity contribution in [2.24, 2.45) is 5.92 Å². The molecule has 0 fully saturated rings. The lowest BCUT2D eigenvalue weighted by atomic mass is 10.2. The van der Waals surface area contributed by atoms with Gasteiger partial charge in [0.1, 0.15) is 5.75 Å². The molecule has 0 radical (unpaired) electrons. The van der Waals surface area contributed by atoms with Gasteiger partial charge in [0.25, 0.3) is 0 Å². The zero-order chi connectivity index (χ0) is 21.0. The van der Waals surface area contributed by atoms with Crippen molar-refractivity contribution in [3.8, 4) is 23.0 Å². The fourth-order valence-corrected chi connectivity index (χ4v) is 2.27. The van der Waals surface area contributed by atoms with Gasteiger partial charge in [-0.2, -0.15) is 18.2 Å². The van der Waals surface area contributed by atoms with E-state index in [1.807, 2.05) is 0 Å². The van der Waals surface area contributed by atoms with Gasteiger partial charge in [0.2, 0.25) is 11.8 Å². The first-order valence-electron chi connectivity index (χ1n) is 8.68. The molecule has 6 nitrogen and oxygen atoms in total. The maximum absolute atomic E-state index is 13.2. The molecule has 0 bridgehead atoms. The SMILES string of the molecule is CC(C)C(=O)Nc1ccc(Oc2cc(C(F)(F)F)nc(-c3ccncc3)n2)cc1. The van der Waals surface area contributed by atoms with Crippen molar-refractivity contribution in [3.05, 3.63) is 60.6 Å². The summed E-state index contributed by atoms with van der Waals surface area (Å²) >= 11 is 0. The number of benzene rings is 1. The third kappa shape index (κ3) is 5.28. The van der Waals surface area contributed by atoms with Crippen LogP contribution in [0.5, 0.6) is 11.6 Å². The second kappa shape index (κ2) is 8.26. The van der Waals surface area contributed by atoms with Crippen LogP contribution in [-0.4, -0.2) is 20.9 Å². The quantitative estimate of drug-likeness (QED) is 0.654. The lowest BCUT2D eigenvalue weighted by Crippen LogP contribution is -2.17. The molecule has 2 aromatic heterocycles. The van der Waals surface area contributed by atoms with Gasteiger partial charge >= 0.3 is 6.18 Å². The zero-order valence-electron chi connectivity index (χ0n) is 15.6. The average Bonchev–Trinajstić information content (AvgIpc) is 2.69. The van der Waals surface area contributed by atoms with Gasteiger partial charge in [0, 0.05) is 35.6 Å². The van der Waals surface area contributed by atoms with E-state index in [4.69, 9.17) is 4.74 Å². The van der Waals surface area contributed by atoms with Gasteiger partial charge in [-0.15, -0.1) is 0 Å². The molecule has 2 heterocycles. The molecule has 3 rings (SSSR count). The van der Waals surface area contributed by atoms with E-state index in [9.17, 15) is 18.0 Å². The zero-order valence-corrected chi connectivity index (χ0v) is 15.6. The molecule has 0 aliphatic rings. The number of hydrogen-bond donors (Lipinski definition) is 1. The van der Waals surface area contributed by atoms with Gasteiger partial charge in [-0.05, 0) is 36.4 Å². The fraction of sp³-hybridized carbons (Fsp3) is 0.200. The van der Waals surface area contributed by atoms with E-state index in [1.165, 1.54) is 36.7 Å². The molecule has 0 aliphatic heterocycles. The molecule has 3 aromatic rings. The van der Waals surface area contributed by atoms with Crippen molar-refractivity contribution in [2.45, 2.75) is 20.0 Å². The second-order valence-electron chi connectivity index (χ2n) is 6.42. The van der Waals surface area contributed by atoms with Gasteiger partial charge < -0.3 is 10.1 Å². The molecule has 0 spiro atoms. The molecule has 1 amide bonds. The lowest BCUT2D eigenvalue weighted by Gasteiger charge is -2.12. The Bertz CT molecular complexity index is 991. The summed E-state index contributed by atoms with van der Waals surface area (Å²) < 4.78 is 45.2. The minimum absolute atomic E-state index is 0.127. The highest BCUT2D eigenvalue weighted by Gasteiger charge is 2.34. The maximum Gasteiger partial charge on any atom is 0.433 e. The summed E-state index contributed by atoms with van der Waals surface area (Å²) in [6, 6.07) is 9.97. The molecule has 0 saturated carbocycles. The van der Waals surface area contributed by atoms with E-state index >= 15 is 0 Å². The van der Waals surface area contributed by atoms with Gasteiger partial charge in [-0.25, -0.2) is 4.98 Å². The van der Waals surface area contributed by atoms with Gasteiger partial charge in [-0.3, -0.25) is 9.78 Å². The molecule has 29 heavy (non-hydrogen) atoms. The molecule has 150 valence electrons. The van der Waals surface area contributed by atoms with E-state index in [-0.39, 0.29) is 29.3 Å². The highest BCUT2D eigenvalue weighted by Crippen LogP contribution is 2.32. The highest BCUT2D eigenvalue weighted by molar-refractivity contribution is 5.92. The number of anilines is 1. The second-order valence-corrected chi connectivity index (χ2v) is 6.42. The van der Waals surface area contributed by atoms with E-state index in [0.717, 1.165) is 6.07 Å². The molecule has 9 heteroatoms. The van der Waals surface area contributed by atoms with Crippen LogP contribution < -0.4 is 10.1 Å². The molecule has 0 aliphatic carbocycles. The number of pyridine rings is 1. The predicted molar refractivity (Wildman–Crippen MR) is 100 cm³/mol. The van der Waals surface area contributed by atoms with Gasteiger partial charge in [0.05, 0.1) is 0 Å². The Labute approximate surface area is 164 Å². The first-order chi connectivity index (χ1) is 13.7. The summed E-state index contributed by atoms with van der Waals surface area (Å²) in [4.78, 5) is 23.2. The summed E-state index contributed by atoms with van der Waals surface area (Å²) in [6.07, 6.45) is -1.79. The number of alkyl halides is 3. The molecule has 0 atom stereocenters. The number of hydrogen-bond acceptors (Lipinski definition) is 5.